The van der Waals surface area contributed by atoms with E-state index in [2.05, 4.69) is 4.90 Å². The molecular weight excluding hydrogens is 277 g/mol. The molecule has 116 valence electrons. The number of halogens is 3. The Morgan fingerprint density at radius 1 is 1.10 bits per heavy atom. The molecule has 21 heavy (non-hydrogen) atoms. The summed E-state index contributed by atoms with van der Waals surface area (Å²) >= 11 is 0. The van der Waals surface area contributed by atoms with Gasteiger partial charge in [0.2, 0.25) is 0 Å². The average Bonchev–Trinajstić information content (AvgIpc) is 2.98. The standard InChI is InChI=1S/C16H21F3N2/c17-16(18,19)14-6-4-11(5-7-14)15(20)10-21-8-12-2-1-3-13(12)9-21/h4-7,12-13,15H,1-3,8-10,20H2. The third kappa shape index (κ3) is 3.24. The molecule has 2 fully saturated rings. The second-order valence-electron chi connectivity index (χ2n) is 6.40. The minimum Gasteiger partial charge on any atom is -0.323 e. The van der Waals surface area contributed by atoms with E-state index in [1.807, 2.05) is 0 Å². The largest absolute Gasteiger partial charge is 0.416 e. The predicted molar refractivity (Wildman–Crippen MR) is 75.6 cm³/mol. The van der Waals surface area contributed by atoms with Gasteiger partial charge in [0, 0.05) is 25.7 Å². The molecule has 1 aromatic carbocycles. The second kappa shape index (κ2) is 5.61. The lowest BCUT2D eigenvalue weighted by Gasteiger charge is -2.22. The van der Waals surface area contributed by atoms with E-state index in [9.17, 15) is 13.2 Å². The molecule has 0 radical (unpaired) electrons. The first kappa shape index (κ1) is 14.9. The SMILES string of the molecule is NC(CN1CC2CCCC2C1)c1ccc(C(F)(F)F)cc1. The van der Waals surface area contributed by atoms with Crippen LogP contribution >= 0.6 is 0 Å². The molecule has 0 bridgehead atoms. The molecule has 0 aromatic heterocycles. The molecule has 1 aromatic rings. The summed E-state index contributed by atoms with van der Waals surface area (Å²) in [6.07, 6.45) is -0.309. The maximum atomic E-state index is 12.5. The maximum absolute atomic E-state index is 12.5. The first-order chi connectivity index (χ1) is 9.93. The summed E-state index contributed by atoms with van der Waals surface area (Å²) in [5.74, 6) is 1.62. The van der Waals surface area contributed by atoms with Crippen LogP contribution in [0.2, 0.25) is 0 Å². The Labute approximate surface area is 123 Å². The Hall–Kier alpha value is -1.07. The van der Waals surface area contributed by atoms with E-state index in [4.69, 9.17) is 5.73 Å². The number of nitrogens with two attached hydrogens (primary N) is 1. The van der Waals surface area contributed by atoms with Crippen molar-refractivity contribution < 1.29 is 13.2 Å². The minimum absolute atomic E-state index is 0.217. The maximum Gasteiger partial charge on any atom is 0.416 e. The van der Waals surface area contributed by atoms with Crippen LogP contribution in [0, 0.1) is 11.8 Å². The summed E-state index contributed by atoms with van der Waals surface area (Å²) in [6, 6.07) is 5.03. The monoisotopic (exact) mass is 298 g/mol. The van der Waals surface area contributed by atoms with Crippen molar-refractivity contribution in [2.75, 3.05) is 19.6 Å². The first-order valence-electron chi connectivity index (χ1n) is 7.58. The van der Waals surface area contributed by atoms with Crippen LogP contribution in [0.4, 0.5) is 13.2 Å². The van der Waals surface area contributed by atoms with Gasteiger partial charge >= 0.3 is 6.18 Å². The third-order valence-corrected chi connectivity index (χ3v) is 4.92. The van der Waals surface area contributed by atoms with Crippen LogP contribution in [0.5, 0.6) is 0 Å². The van der Waals surface area contributed by atoms with Crippen LogP contribution in [-0.2, 0) is 6.18 Å². The van der Waals surface area contributed by atoms with Crippen molar-refractivity contribution in [3.05, 3.63) is 35.4 Å². The van der Waals surface area contributed by atoms with Crippen LogP contribution in [0.15, 0.2) is 24.3 Å². The quantitative estimate of drug-likeness (QED) is 0.926. The molecule has 1 saturated carbocycles. The lowest BCUT2D eigenvalue weighted by atomic mass is 10.0. The van der Waals surface area contributed by atoms with Gasteiger partial charge in [-0.3, -0.25) is 0 Å². The molecule has 3 rings (SSSR count). The van der Waals surface area contributed by atoms with Gasteiger partial charge in [-0.1, -0.05) is 18.6 Å². The highest BCUT2D eigenvalue weighted by atomic mass is 19.4. The minimum atomic E-state index is -4.28. The van der Waals surface area contributed by atoms with E-state index in [0.717, 1.165) is 49.2 Å². The zero-order chi connectivity index (χ0) is 15.0. The molecule has 1 heterocycles. The number of likely N-dealkylation sites (tertiary alicyclic amines) is 1. The molecule has 5 heteroatoms. The van der Waals surface area contributed by atoms with E-state index in [0.29, 0.717) is 0 Å². The van der Waals surface area contributed by atoms with Gasteiger partial charge in [-0.05, 0) is 42.4 Å². The number of hydrogen-bond donors (Lipinski definition) is 1. The average molecular weight is 298 g/mol. The summed E-state index contributed by atoms with van der Waals surface area (Å²) in [4.78, 5) is 2.37. The smallest absolute Gasteiger partial charge is 0.323 e. The first-order valence-corrected chi connectivity index (χ1v) is 7.58. The predicted octanol–water partition coefficient (Wildman–Crippen LogP) is 3.44. The van der Waals surface area contributed by atoms with Gasteiger partial charge < -0.3 is 10.6 Å². The Bertz CT molecular complexity index is 471. The summed E-state index contributed by atoms with van der Waals surface area (Å²) in [5, 5.41) is 0. The molecule has 0 spiro atoms. The molecule has 2 nitrogen and oxygen atoms in total. The van der Waals surface area contributed by atoms with Crippen molar-refractivity contribution in [3.63, 3.8) is 0 Å². The topological polar surface area (TPSA) is 29.3 Å². The Kier molecular flexibility index (Phi) is 3.97. The van der Waals surface area contributed by atoms with Crippen molar-refractivity contribution in [2.45, 2.75) is 31.5 Å². The molecule has 0 amide bonds. The van der Waals surface area contributed by atoms with Gasteiger partial charge in [-0.15, -0.1) is 0 Å². The Morgan fingerprint density at radius 2 is 1.67 bits per heavy atom. The highest BCUT2D eigenvalue weighted by Gasteiger charge is 2.36. The zero-order valence-electron chi connectivity index (χ0n) is 11.9. The number of rotatable bonds is 3. The van der Waals surface area contributed by atoms with Gasteiger partial charge in [-0.2, -0.15) is 13.2 Å². The lowest BCUT2D eigenvalue weighted by molar-refractivity contribution is -0.137. The van der Waals surface area contributed by atoms with Crippen molar-refractivity contribution in [3.8, 4) is 0 Å². The van der Waals surface area contributed by atoms with Crippen LogP contribution in [-0.4, -0.2) is 24.5 Å². The number of alkyl halides is 3. The Balaban J connectivity index is 1.59. The fourth-order valence-corrected chi connectivity index (χ4v) is 3.78. The fraction of sp³-hybridized carbons (Fsp3) is 0.625. The van der Waals surface area contributed by atoms with Crippen LogP contribution in [0.3, 0.4) is 0 Å². The highest BCUT2D eigenvalue weighted by Crippen LogP contribution is 2.38. The highest BCUT2D eigenvalue weighted by molar-refractivity contribution is 5.26. The number of fused-ring (bicyclic) bond motifs is 1. The molecule has 3 atom stereocenters. The molecule has 2 aliphatic rings. The number of hydrogen-bond acceptors (Lipinski definition) is 2. The Morgan fingerprint density at radius 3 is 2.19 bits per heavy atom. The van der Waals surface area contributed by atoms with Crippen LogP contribution in [0.25, 0.3) is 0 Å². The third-order valence-electron chi connectivity index (χ3n) is 4.92. The van der Waals surface area contributed by atoms with E-state index >= 15 is 0 Å². The van der Waals surface area contributed by atoms with Gasteiger partial charge in [0.1, 0.15) is 0 Å². The molecule has 2 N–H and O–H groups in total. The van der Waals surface area contributed by atoms with E-state index in [-0.39, 0.29) is 6.04 Å². The van der Waals surface area contributed by atoms with Crippen molar-refractivity contribution in [1.82, 2.24) is 4.90 Å². The second-order valence-corrected chi connectivity index (χ2v) is 6.40. The fourth-order valence-electron chi connectivity index (χ4n) is 3.78. The normalized spacial score (nSPS) is 27.8. The summed E-state index contributed by atoms with van der Waals surface area (Å²) in [5.41, 5.74) is 6.32. The van der Waals surface area contributed by atoms with Crippen molar-refractivity contribution in [2.24, 2.45) is 17.6 Å². The van der Waals surface area contributed by atoms with Crippen molar-refractivity contribution >= 4 is 0 Å². The molecule has 1 saturated heterocycles. The number of benzene rings is 1. The molecule has 3 unspecified atom stereocenters. The summed E-state index contributed by atoms with van der Waals surface area (Å²) in [6.45, 7) is 2.93. The number of nitrogens with zero attached hydrogens (tertiary/aromatic N) is 1. The summed E-state index contributed by atoms with van der Waals surface area (Å²) in [7, 11) is 0. The van der Waals surface area contributed by atoms with Crippen LogP contribution in [0.1, 0.15) is 36.4 Å². The molecular formula is C16H21F3N2. The van der Waals surface area contributed by atoms with Gasteiger partial charge in [0.05, 0.1) is 5.56 Å². The van der Waals surface area contributed by atoms with E-state index < -0.39 is 11.7 Å². The van der Waals surface area contributed by atoms with E-state index in [1.54, 1.807) is 0 Å². The van der Waals surface area contributed by atoms with Gasteiger partial charge in [0.15, 0.2) is 0 Å². The summed E-state index contributed by atoms with van der Waals surface area (Å²) < 4.78 is 37.6. The van der Waals surface area contributed by atoms with E-state index in [1.165, 1.54) is 31.4 Å². The van der Waals surface area contributed by atoms with Crippen LogP contribution < -0.4 is 5.73 Å². The van der Waals surface area contributed by atoms with Gasteiger partial charge in [-0.25, -0.2) is 0 Å². The van der Waals surface area contributed by atoms with Gasteiger partial charge in [0.25, 0.3) is 0 Å². The van der Waals surface area contributed by atoms with Crippen molar-refractivity contribution in [1.29, 1.82) is 0 Å². The molecule has 1 aliphatic heterocycles. The molecule has 1 aliphatic carbocycles. The lowest BCUT2D eigenvalue weighted by Crippen LogP contribution is -2.31. The zero-order valence-corrected chi connectivity index (χ0v) is 11.9.